The van der Waals surface area contributed by atoms with Gasteiger partial charge < -0.3 is 15.0 Å². The maximum absolute atomic E-state index is 5.25. The lowest BCUT2D eigenvalue weighted by Gasteiger charge is -2.31. The third kappa shape index (κ3) is 3.95. The third-order valence-corrected chi connectivity index (χ3v) is 3.98. The summed E-state index contributed by atoms with van der Waals surface area (Å²) in [5.74, 6) is 0.869. The van der Waals surface area contributed by atoms with Crippen molar-refractivity contribution in [1.82, 2.24) is 5.32 Å². The van der Waals surface area contributed by atoms with Crippen molar-refractivity contribution in [3.05, 3.63) is 29.8 Å². The molecule has 0 heterocycles. The van der Waals surface area contributed by atoms with Crippen LogP contribution >= 0.6 is 0 Å². The highest BCUT2D eigenvalue weighted by Gasteiger charge is 2.31. The SMILES string of the molecule is CNCc1ccc(N(CCOC)C(C)C2CC2)cc1. The molecule has 0 amide bonds. The van der Waals surface area contributed by atoms with E-state index in [2.05, 4.69) is 41.4 Å². The molecule has 0 aromatic heterocycles. The van der Waals surface area contributed by atoms with E-state index in [1.165, 1.54) is 24.1 Å². The predicted molar refractivity (Wildman–Crippen MR) is 80.6 cm³/mol. The lowest BCUT2D eigenvalue weighted by atomic mass is 10.1. The van der Waals surface area contributed by atoms with Crippen LogP contribution in [0.25, 0.3) is 0 Å². The fourth-order valence-corrected chi connectivity index (χ4v) is 2.60. The number of anilines is 1. The van der Waals surface area contributed by atoms with Gasteiger partial charge >= 0.3 is 0 Å². The van der Waals surface area contributed by atoms with Crippen LogP contribution in [0.15, 0.2) is 24.3 Å². The highest BCUT2D eigenvalue weighted by molar-refractivity contribution is 5.49. The van der Waals surface area contributed by atoms with Gasteiger partial charge in [-0.3, -0.25) is 0 Å². The van der Waals surface area contributed by atoms with Crippen LogP contribution in [0.2, 0.25) is 0 Å². The van der Waals surface area contributed by atoms with Crippen LogP contribution in [0, 0.1) is 5.92 Å². The molecule has 3 heteroatoms. The van der Waals surface area contributed by atoms with Crippen molar-refractivity contribution in [2.45, 2.75) is 32.4 Å². The zero-order valence-corrected chi connectivity index (χ0v) is 12.4. The maximum atomic E-state index is 5.25. The first kappa shape index (κ1) is 14.4. The van der Waals surface area contributed by atoms with Crippen LogP contribution in [0.5, 0.6) is 0 Å². The Balaban J connectivity index is 2.07. The van der Waals surface area contributed by atoms with Crippen LogP contribution in [0.4, 0.5) is 5.69 Å². The van der Waals surface area contributed by atoms with E-state index in [1.54, 1.807) is 7.11 Å². The summed E-state index contributed by atoms with van der Waals surface area (Å²) in [6.07, 6.45) is 2.75. The molecule has 2 rings (SSSR count). The maximum Gasteiger partial charge on any atom is 0.0637 e. The fourth-order valence-electron chi connectivity index (χ4n) is 2.60. The average Bonchev–Trinajstić information content (AvgIpc) is 3.25. The second kappa shape index (κ2) is 6.92. The van der Waals surface area contributed by atoms with Gasteiger partial charge in [-0.2, -0.15) is 0 Å². The molecule has 0 spiro atoms. The Morgan fingerprint density at radius 1 is 1.32 bits per heavy atom. The minimum absolute atomic E-state index is 0.616. The van der Waals surface area contributed by atoms with Gasteiger partial charge in [0.2, 0.25) is 0 Å². The second-order valence-electron chi connectivity index (χ2n) is 5.46. The number of benzene rings is 1. The topological polar surface area (TPSA) is 24.5 Å². The van der Waals surface area contributed by atoms with Crippen LogP contribution in [-0.2, 0) is 11.3 Å². The number of rotatable bonds is 8. The Hall–Kier alpha value is -1.06. The predicted octanol–water partition coefficient (Wildman–Crippen LogP) is 2.66. The number of nitrogens with zero attached hydrogens (tertiary/aromatic N) is 1. The van der Waals surface area contributed by atoms with Crippen LogP contribution < -0.4 is 10.2 Å². The molecule has 1 aliphatic carbocycles. The molecule has 1 fully saturated rings. The fraction of sp³-hybridized carbons (Fsp3) is 0.625. The molecule has 0 bridgehead atoms. The van der Waals surface area contributed by atoms with Gasteiger partial charge in [-0.25, -0.2) is 0 Å². The van der Waals surface area contributed by atoms with Crippen molar-refractivity contribution < 1.29 is 4.74 Å². The number of methoxy groups -OCH3 is 1. The molecule has 1 aromatic carbocycles. The Kier molecular flexibility index (Phi) is 5.23. The summed E-state index contributed by atoms with van der Waals surface area (Å²) in [5.41, 5.74) is 2.65. The summed E-state index contributed by atoms with van der Waals surface area (Å²) in [6, 6.07) is 9.52. The molecule has 19 heavy (non-hydrogen) atoms. The molecule has 0 aliphatic heterocycles. The number of hydrogen-bond donors (Lipinski definition) is 1. The first-order valence-electron chi connectivity index (χ1n) is 7.25. The van der Waals surface area contributed by atoms with E-state index >= 15 is 0 Å². The third-order valence-electron chi connectivity index (χ3n) is 3.98. The standard InChI is InChI=1S/C16H26N2O/c1-13(15-6-7-15)18(10-11-19-3)16-8-4-14(5-9-16)12-17-2/h4-5,8-9,13,15,17H,6-7,10-12H2,1-3H3. The van der Waals surface area contributed by atoms with E-state index in [-0.39, 0.29) is 0 Å². The van der Waals surface area contributed by atoms with Crippen molar-refractivity contribution in [3.8, 4) is 0 Å². The largest absolute Gasteiger partial charge is 0.383 e. The number of nitrogens with one attached hydrogen (secondary N) is 1. The molecule has 1 aromatic rings. The summed E-state index contributed by atoms with van der Waals surface area (Å²) in [7, 11) is 3.75. The summed E-state index contributed by atoms with van der Waals surface area (Å²) in [4.78, 5) is 2.49. The van der Waals surface area contributed by atoms with E-state index in [0.29, 0.717) is 6.04 Å². The number of ether oxygens (including phenoxy) is 1. The lowest BCUT2D eigenvalue weighted by molar-refractivity contribution is 0.202. The molecular weight excluding hydrogens is 236 g/mol. The average molecular weight is 262 g/mol. The monoisotopic (exact) mass is 262 g/mol. The summed E-state index contributed by atoms with van der Waals surface area (Å²) in [6.45, 7) is 5.03. The number of hydrogen-bond acceptors (Lipinski definition) is 3. The summed E-state index contributed by atoms with van der Waals surface area (Å²) in [5, 5.41) is 3.18. The normalized spacial score (nSPS) is 16.4. The van der Waals surface area contributed by atoms with Crippen LogP contribution in [0.3, 0.4) is 0 Å². The van der Waals surface area contributed by atoms with Gasteiger partial charge in [0.05, 0.1) is 6.61 Å². The summed E-state index contributed by atoms with van der Waals surface area (Å²) < 4.78 is 5.25. The van der Waals surface area contributed by atoms with E-state index < -0.39 is 0 Å². The van der Waals surface area contributed by atoms with Gasteiger partial charge in [-0.15, -0.1) is 0 Å². The van der Waals surface area contributed by atoms with Gasteiger partial charge in [-0.1, -0.05) is 12.1 Å². The minimum atomic E-state index is 0.616. The molecular formula is C16H26N2O. The summed E-state index contributed by atoms with van der Waals surface area (Å²) >= 11 is 0. The Bertz CT molecular complexity index is 373. The molecule has 1 aliphatic rings. The first-order chi connectivity index (χ1) is 9.26. The van der Waals surface area contributed by atoms with E-state index in [0.717, 1.165) is 25.6 Å². The van der Waals surface area contributed by atoms with Crippen molar-refractivity contribution in [1.29, 1.82) is 0 Å². The molecule has 1 unspecified atom stereocenters. The smallest absolute Gasteiger partial charge is 0.0637 e. The molecule has 0 radical (unpaired) electrons. The van der Waals surface area contributed by atoms with Crippen molar-refractivity contribution >= 4 is 5.69 Å². The molecule has 1 saturated carbocycles. The Morgan fingerprint density at radius 2 is 2.00 bits per heavy atom. The zero-order chi connectivity index (χ0) is 13.7. The molecule has 0 saturated heterocycles. The van der Waals surface area contributed by atoms with Crippen molar-refractivity contribution in [2.75, 3.05) is 32.2 Å². The van der Waals surface area contributed by atoms with Crippen molar-refractivity contribution in [2.24, 2.45) is 5.92 Å². The zero-order valence-electron chi connectivity index (χ0n) is 12.4. The molecule has 106 valence electrons. The highest BCUT2D eigenvalue weighted by Crippen LogP contribution is 2.36. The highest BCUT2D eigenvalue weighted by atomic mass is 16.5. The molecule has 3 nitrogen and oxygen atoms in total. The van der Waals surface area contributed by atoms with Gasteiger partial charge in [0.1, 0.15) is 0 Å². The van der Waals surface area contributed by atoms with Gasteiger partial charge in [0.25, 0.3) is 0 Å². The van der Waals surface area contributed by atoms with E-state index in [1.807, 2.05) is 7.05 Å². The minimum Gasteiger partial charge on any atom is -0.383 e. The van der Waals surface area contributed by atoms with Crippen LogP contribution in [0.1, 0.15) is 25.3 Å². The second-order valence-corrected chi connectivity index (χ2v) is 5.46. The van der Waals surface area contributed by atoms with Crippen molar-refractivity contribution in [3.63, 3.8) is 0 Å². The first-order valence-corrected chi connectivity index (χ1v) is 7.25. The van der Waals surface area contributed by atoms with Gasteiger partial charge in [0.15, 0.2) is 0 Å². The van der Waals surface area contributed by atoms with E-state index in [9.17, 15) is 0 Å². The van der Waals surface area contributed by atoms with Crippen LogP contribution in [-0.4, -0.2) is 33.4 Å². The quantitative estimate of drug-likeness (QED) is 0.779. The Labute approximate surface area is 116 Å². The van der Waals surface area contributed by atoms with E-state index in [4.69, 9.17) is 4.74 Å². The molecule has 1 atom stereocenters. The van der Waals surface area contributed by atoms with Gasteiger partial charge in [-0.05, 0) is 50.4 Å². The van der Waals surface area contributed by atoms with Gasteiger partial charge in [0, 0.05) is 31.9 Å². The lowest BCUT2D eigenvalue weighted by Crippen LogP contribution is -2.37. The molecule has 1 N–H and O–H groups in total. The Morgan fingerprint density at radius 3 is 2.53 bits per heavy atom.